The number of aliphatic hydroxyl groups is 1. The first-order valence-electron chi connectivity index (χ1n) is 8.54. The minimum Gasteiger partial charge on any atom is -0.465 e. The number of amides is 1. The summed E-state index contributed by atoms with van der Waals surface area (Å²) in [6.45, 7) is 3.62. The minimum atomic E-state index is -1.08. The van der Waals surface area contributed by atoms with Crippen LogP contribution in [0.4, 0.5) is 0 Å². The SMILES string of the molecule is CCOC(=O)[C@@H]1/C(=N\NC(=O)CC#N)C[C@](C)(O)C[C@H]1c1ccccc1. The van der Waals surface area contributed by atoms with Crippen LogP contribution in [0.25, 0.3) is 0 Å². The molecule has 138 valence electrons. The average molecular weight is 357 g/mol. The van der Waals surface area contributed by atoms with E-state index in [-0.39, 0.29) is 25.4 Å². The molecule has 0 radical (unpaired) electrons. The zero-order chi connectivity index (χ0) is 19.2. The molecule has 0 aliphatic heterocycles. The number of carbonyl (C=O) groups is 2. The van der Waals surface area contributed by atoms with Crippen LogP contribution in [0, 0.1) is 17.2 Å². The standard InChI is InChI=1S/C19H23N3O4/c1-3-26-18(24)17-14(13-7-5-4-6-8-13)11-19(2,25)12-15(17)21-22-16(23)9-10-20/h4-8,14,17,25H,3,9,11-12H2,1-2H3,(H,22,23)/b21-15-/t14-,17-,19+/m0/s1. The molecule has 0 heterocycles. The molecule has 1 aromatic carbocycles. The summed E-state index contributed by atoms with van der Waals surface area (Å²) in [4.78, 5) is 24.2. The summed E-state index contributed by atoms with van der Waals surface area (Å²) in [7, 11) is 0. The molecule has 0 bridgehead atoms. The largest absolute Gasteiger partial charge is 0.465 e. The summed E-state index contributed by atoms with van der Waals surface area (Å²) in [5, 5.41) is 23.3. The van der Waals surface area contributed by atoms with E-state index in [1.54, 1.807) is 19.9 Å². The Morgan fingerprint density at radius 1 is 1.42 bits per heavy atom. The lowest BCUT2D eigenvalue weighted by Gasteiger charge is -2.39. The average Bonchev–Trinajstić information content (AvgIpc) is 2.60. The highest BCUT2D eigenvalue weighted by atomic mass is 16.5. The molecule has 1 aromatic rings. The Labute approximate surface area is 152 Å². The molecule has 7 heteroatoms. The van der Waals surface area contributed by atoms with Crippen LogP contribution in [-0.2, 0) is 14.3 Å². The van der Waals surface area contributed by atoms with Crippen LogP contribution in [-0.4, -0.2) is 34.9 Å². The van der Waals surface area contributed by atoms with Gasteiger partial charge >= 0.3 is 5.97 Å². The number of carbonyl (C=O) groups excluding carboxylic acids is 2. The Kier molecular flexibility index (Phi) is 6.47. The zero-order valence-electron chi connectivity index (χ0n) is 14.9. The highest BCUT2D eigenvalue weighted by Crippen LogP contribution is 2.41. The second-order valence-corrected chi connectivity index (χ2v) is 6.60. The summed E-state index contributed by atoms with van der Waals surface area (Å²) >= 11 is 0. The molecule has 26 heavy (non-hydrogen) atoms. The van der Waals surface area contributed by atoms with Crippen LogP contribution >= 0.6 is 0 Å². The molecule has 0 saturated heterocycles. The van der Waals surface area contributed by atoms with Crippen molar-refractivity contribution in [2.24, 2.45) is 11.0 Å². The van der Waals surface area contributed by atoms with Gasteiger partial charge in [0.05, 0.1) is 24.0 Å². The van der Waals surface area contributed by atoms with Crippen LogP contribution in [0.15, 0.2) is 35.4 Å². The fourth-order valence-corrected chi connectivity index (χ4v) is 3.29. The van der Waals surface area contributed by atoms with E-state index < -0.39 is 23.4 Å². The second kappa shape index (κ2) is 8.59. The summed E-state index contributed by atoms with van der Waals surface area (Å²) in [5.41, 5.74) is 2.45. The highest BCUT2D eigenvalue weighted by Gasteiger charge is 2.45. The lowest BCUT2D eigenvalue weighted by Crippen LogP contribution is -2.46. The van der Waals surface area contributed by atoms with Crippen LogP contribution < -0.4 is 5.43 Å². The number of nitrogens with zero attached hydrogens (tertiary/aromatic N) is 2. The van der Waals surface area contributed by atoms with Gasteiger partial charge in [-0.15, -0.1) is 0 Å². The topological polar surface area (TPSA) is 112 Å². The predicted octanol–water partition coefficient (Wildman–Crippen LogP) is 1.88. The van der Waals surface area contributed by atoms with Crippen molar-refractivity contribution in [3.05, 3.63) is 35.9 Å². The third kappa shape index (κ3) is 4.90. The maximum absolute atomic E-state index is 12.6. The maximum Gasteiger partial charge on any atom is 0.315 e. The molecule has 2 N–H and O–H groups in total. The van der Waals surface area contributed by atoms with Crippen molar-refractivity contribution in [2.45, 2.75) is 44.6 Å². The number of hydrazone groups is 1. The molecular formula is C19H23N3O4. The molecule has 0 aromatic heterocycles. The Balaban J connectivity index is 2.41. The molecule has 1 aliphatic rings. The fraction of sp³-hybridized carbons (Fsp3) is 0.474. The number of hydrogen-bond donors (Lipinski definition) is 2. The van der Waals surface area contributed by atoms with Gasteiger partial charge < -0.3 is 9.84 Å². The first-order valence-corrected chi connectivity index (χ1v) is 8.54. The van der Waals surface area contributed by atoms with Gasteiger partial charge in [0.15, 0.2) is 0 Å². The smallest absolute Gasteiger partial charge is 0.315 e. The van der Waals surface area contributed by atoms with Gasteiger partial charge in [0.2, 0.25) is 0 Å². The minimum absolute atomic E-state index is 0.132. The second-order valence-electron chi connectivity index (χ2n) is 6.60. The van der Waals surface area contributed by atoms with Crippen molar-refractivity contribution in [2.75, 3.05) is 6.61 Å². The Bertz CT molecular complexity index is 722. The highest BCUT2D eigenvalue weighted by molar-refractivity contribution is 6.04. The van der Waals surface area contributed by atoms with Crippen molar-refractivity contribution >= 4 is 17.6 Å². The van der Waals surface area contributed by atoms with Crippen molar-refractivity contribution < 1.29 is 19.4 Å². The van der Waals surface area contributed by atoms with Gasteiger partial charge in [-0.2, -0.15) is 10.4 Å². The molecule has 1 fully saturated rings. The third-order valence-corrected chi connectivity index (χ3v) is 4.32. The molecule has 3 atom stereocenters. The number of hydrogen-bond acceptors (Lipinski definition) is 6. The van der Waals surface area contributed by atoms with E-state index in [1.165, 1.54) is 0 Å². The van der Waals surface area contributed by atoms with Crippen LogP contribution in [0.3, 0.4) is 0 Å². The number of nitriles is 1. The number of esters is 1. The summed E-state index contributed by atoms with van der Waals surface area (Å²) < 4.78 is 5.22. The summed E-state index contributed by atoms with van der Waals surface area (Å²) in [6, 6.07) is 11.1. The van der Waals surface area contributed by atoms with E-state index in [0.29, 0.717) is 12.1 Å². The van der Waals surface area contributed by atoms with Gasteiger partial charge in [-0.1, -0.05) is 30.3 Å². The van der Waals surface area contributed by atoms with Gasteiger partial charge in [-0.3, -0.25) is 9.59 Å². The maximum atomic E-state index is 12.6. The van der Waals surface area contributed by atoms with Gasteiger partial charge in [-0.25, -0.2) is 5.43 Å². The third-order valence-electron chi connectivity index (χ3n) is 4.32. The molecule has 2 rings (SSSR count). The van der Waals surface area contributed by atoms with E-state index >= 15 is 0 Å². The summed E-state index contributed by atoms with van der Waals surface area (Å²) in [6.07, 6.45) is 0.164. The van der Waals surface area contributed by atoms with E-state index in [4.69, 9.17) is 10.00 Å². The van der Waals surface area contributed by atoms with E-state index in [9.17, 15) is 14.7 Å². The zero-order valence-corrected chi connectivity index (χ0v) is 14.9. The van der Waals surface area contributed by atoms with E-state index in [2.05, 4.69) is 10.5 Å². The molecule has 0 spiro atoms. The van der Waals surface area contributed by atoms with Crippen LogP contribution in [0.2, 0.25) is 0 Å². The van der Waals surface area contributed by atoms with Gasteiger partial charge in [0.25, 0.3) is 5.91 Å². The fourth-order valence-electron chi connectivity index (χ4n) is 3.29. The predicted molar refractivity (Wildman–Crippen MR) is 95.0 cm³/mol. The molecule has 0 unspecified atom stereocenters. The van der Waals surface area contributed by atoms with Gasteiger partial charge in [-0.05, 0) is 25.8 Å². The van der Waals surface area contributed by atoms with E-state index in [0.717, 1.165) is 5.56 Å². The Morgan fingerprint density at radius 2 is 2.12 bits per heavy atom. The van der Waals surface area contributed by atoms with Crippen molar-refractivity contribution in [3.63, 3.8) is 0 Å². The number of rotatable bonds is 5. The van der Waals surface area contributed by atoms with Crippen molar-refractivity contribution in [1.82, 2.24) is 5.43 Å². The molecule has 7 nitrogen and oxygen atoms in total. The summed E-state index contributed by atoms with van der Waals surface area (Å²) in [5.74, 6) is -2.04. The molecular weight excluding hydrogens is 334 g/mol. The lowest BCUT2D eigenvalue weighted by atomic mass is 9.68. The molecule has 1 amide bonds. The normalized spacial score (nSPS) is 26.8. The first kappa shape index (κ1) is 19.6. The van der Waals surface area contributed by atoms with Gasteiger partial charge in [0, 0.05) is 12.3 Å². The van der Waals surface area contributed by atoms with Gasteiger partial charge in [0.1, 0.15) is 12.3 Å². The number of ether oxygens (including phenoxy) is 1. The lowest BCUT2D eigenvalue weighted by molar-refractivity contribution is -0.147. The van der Waals surface area contributed by atoms with Crippen LogP contribution in [0.5, 0.6) is 0 Å². The Morgan fingerprint density at radius 3 is 2.73 bits per heavy atom. The number of nitrogens with one attached hydrogen (secondary N) is 1. The molecule has 1 aliphatic carbocycles. The Hall–Kier alpha value is -2.72. The number of benzene rings is 1. The molecule has 1 saturated carbocycles. The van der Waals surface area contributed by atoms with E-state index in [1.807, 2.05) is 30.3 Å². The quantitative estimate of drug-likeness (QED) is 0.617. The van der Waals surface area contributed by atoms with Crippen LogP contribution in [0.1, 0.15) is 44.6 Å². The van der Waals surface area contributed by atoms with Crippen molar-refractivity contribution in [1.29, 1.82) is 5.26 Å². The van der Waals surface area contributed by atoms with Crippen molar-refractivity contribution in [3.8, 4) is 6.07 Å². The first-order chi connectivity index (χ1) is 12.4. The monoisotopic (exact) mass is 357 g/mol.